The molecule has 0 amide bonds. The van der Waals surface area contributed by atoms with Crippen molar-refractivity contribution in [1.82, 2.24) is 14.7 Å². The molecule has 22 heavy (non-hydrogen) atoms. The van der Waals surface area contributed by atoms with Crippen LogP contribution < -0.4 is 0 Å². The monoisotopic (exact) mass is 349 g/mol. The Labute approximate surface area is 135 Å². The highest BCUT2D eigenvalue weighted by molar-refractivity contribution is 7.16. The number of nitrogens with zero attached hydrogens (tertiary/aromatic N) is 3. The first kappa shape index (κ1) is 24.3. The molecule has 0 rings (SSSR count). The van der Waals surface area contributed by atoms with Gasteiger partial charge in [-0.3, -0.25) is 14.7 Å². The van der Waals surface area contributed by atoms with Crippen LogP contribution in [0.1, 0.15) is 33.6 Å². The molecule has 0 aromatic carbocycles. The Bertz CT molecular complexity index is 250. The Kier molecular flexibility index (Phi) is 12.8. The molecule has 0 saturated carbocycles. The number of hydrogen-bond acceptors (Lipinski definition) is 3. The van der Waals surface area contributed by atoms with Crippen molar-refractivity contribution < 1.29 is 17.3 Å². The van der Waals surface area contributed by atoms with Gasteiger partial charge >= 0.3 is 7.25 Å². The topological polar surface area (TPSA) is 9.72 Å². The zero-order chi connectivity index (χ0) is 18.0. The first-order valence-electron chi connectivity index (χ1n) is 7.81. The normalized spacial score (nSPS) is 13.0. The zero-order valence-electron chi connectivity index (χ0n) is 14.9. The molecule has 0 fully saturated rings. The minimum absolute atomic E-state index is 0.0821. The molecule has 136 valence electrons. The smallest absolute Gasteiger partial charge is 0.418 e. The van der Waals surface area contributed by atoms with E-state index in [0.717, 1.165) is 19.6 Å². The third kappa shape index (κ3) is 8.66. The summed E-state index contributed by atoms with van der Waals surface area (Å²) in [4.78, 5) is 7.45. The summed E-state index contributed by atoms with van der Waals surface area (Å²) in [5, 5.41) is 0. The molecular formula is C13H33BF4N3P. The molecule has 0 aliphatic heterocycles. The third-order valence-corrected chi connectivity index (χ3v) is 4.52. The first-order chi connectivity index (χ1) is 10.0. The predicted octanol–water partition coefficient (Wildman–Crippen LogP) is 3.18. The van der Waals surface area contributed by atoms with E-state index in [9.17, 15) is 17.3 Å². The minimum atomic E-state index is -6.00. The largest absolute Gasteiger partial charge is 0.673 e. The van der Waals surface area contributed by atoms with Crippen LogP contribution in [0.5, 0.6) is 0 Å². The maximum absolute atomic E-state index is 9.75. The van der Waals surface area contributed by atoms with Crippen LogP contribution in [0.2, 0.25) is 0 Å². The van der Waals surface area contributed by atoms with Crippen LogP contribution in [0, 0.1) is 0 Å². The van der Waals surface area contributed by atoms with Crippen molar-refractivity contribution in [1.29, 1.82) is 0 Å². The number of rotatable bonds is 9. The van der Waals surface area contributed by atoms with E-state index in [2.05, 4.69) is 65.9 Å². The van der Waals surface area contributed by atoms with Gasteiger partial charge in [0.15, 0.2) is 0 Å². The maximum atomic E-state index is 9.75. The molecular weight excluding hydrogens is 316 g/mol. The summed E-state index contributed by atoms with van der Waals surface area (Å²) < 4.78 is 39.0. The van der Waals surface area contributed by atoms with E-state index < -0.39 is 7.25 Å². The van der Waals surface area contributed by atoms with Gasteiger partial charge in [0.1, 0.15) is 5.79 Å². The van der Waals surface area contributed by atoms with Gasteiger partial charge in [0.25, 0.3) is 0 Å². The lowest BCUT2D eigenvalue weighted by Crippen LogP contribution is -2.67. The van der Waals surface area contributed by atoms with E-state index in [4.69, 9.17) is 0 Å². The highest BCUT2D eigenvalue weighted by Gasteiger charge is 2.40. The van der Waals surface area contributed by atoms with Gasteiger partial charge in [-0.05, 0) is 62.9 Å². The molecule has 0 aliphatic rings. The van der Waals surface area contributed by atoms with Gasteiger partial charge in [-0.25, -0.2) is 0 Å². The second-order valence-electron chi connectivity index (χ2n) is 5.27. The molecule has 0 spiro atoms. The van der Waals surface area contributed by atoms with Crippen LogP contribution in [0.3, 0.4) is 0 Å². The molecule has 0 aromatic rings. The van der Waals surface area contributed by atoms with Crippen molar-refractivity contribution in [2.24, 2.45) is 0 Å². The Morgan fingerprint density at radius 2 is 1.09 bits per heavy atom. The average molecular weight is 349 g/mol. The van der Waals surface area contributed by atoms with Gasteiger partial charge in [0.05, 0.1) is 6.16 Å². The summed E-state index contributed by atoms with van der Waals surface area (Å²) >= 11 is 0. The van der Waals surface area contributed by atoms with E-state index in [0.29, 0.717) is 0 Å². The minimum Gasteiger partial charge on any atom is -0.418 e. The summed E-state index contributed by atoms with van der Waals surface area (Å²) in [6.07, 6.45) is 3.79. The zero-order valence-corrected chi connectivity index (χ0v) is 16.3. The van der Waals surface area contributed by atoms with Gasteiger partial charge < -0.3 is 17.3 Å². The summed E-state index contributed by atoms with van der Waals surface area (Å²) in [5.41, 5.74) is 0. The summed E-state index contributed by atoms with van der Waals surface area (Å²) in [6, 6.07) is 0. The van der Waals surface area contributed by atoms with Crippen molar-refractivity contribution in [3.8, 4) is 0 Å². The molecule has 0 aliphatic carbocycles. The fourth-order valence-electron chi connectivity index (χ4n) is 2.57. The van der Waals surface area contributed by atoms with Crippen LogP contribution >= 0.6 is 9.24 Å². The second-order valence-corrected chi connectivity index (χ2v) is 5.98. The highest BCUT2D eigenvalue weighted by Crippen LogP contribution is 2.27. The fraction of sp³-hybridized carbons (Fsp3) is 1.00. The molecule has 9 heteroatoms. The van der Waals surface area contributed by atoms with Crippen LogP contribution in [0.4, 0.5) is 17.3 Å². The van der Waals surface area contributed by atoms with Crippen molar-refractivity contribution in [3.63, 3.8) is 0 Å². The SMILES string of the molecule is CCN(C)C(CCC[PH3+])(N(C)CC)N(C)CC.F[B-](F)(F)F. The lowest BCUT2D eigenvalue weighted by atomic mass is 10.1. The van der Waals surface area contributed by atoms with E-state index >= 15 is 0 Å². The van der Waals surface area contributed by atoms with Crippen molar-refractivity contribution in [2.75, 3.05) is 46.9 Å². The summed E-state index contributed by atoms with van der Waals surface area (Å²) in [5.74, 6) is 0.0821. The average Bonchev–Trinajstić information content (AvgIpc) is 2.44. The molecule has 3 nitrogen and oxygen atoms in total. The number of hydrogen-bond donors (Lipinski definition) is 0. The first-order valence-corrected chi connectivity index (χ1v) is 8.81. The highest BCUT2D eigenvalue weighted by atomic mass is 31.0. The molecule has 0 saturated heterocycles. The van der Waals surface area contributed by atoms with Crippen LogP contribution in [-0.2, 0) is 0 Å². The third-order valence-electron chi connectivity index (χ3n) is 4.02. The molecule has 0 aromatic heterocycles. The Hall–Kier alpha value is 0.0949. The molecule has 1 atom stereocenters. The summed E-state index contributed by atoms with van der Waals surface area (Å²) in [7, 11) is 2.82. The molecule has 0 heterocycles. The van der Waals surface area contributed by atoms with Gasteiger partial charge in [-0.2, -0.15) is 0 Å². The van der Waals surface area contributed by atoms with E-state index in [1.165, 1.54) is 19.0 Å². The van der Waals surface area contributed by atoms with Gasteiger partial charge in [-0.1, -0.05) is 20.8 Å². The summed E-state index contributed by atoms with van der Waals surface area (Å²) in [6.45, 7) is 9.99. The van der Waals surface area contributed by atoms with Crippen molar-refractivity contribution in [2.45, 2.75) is 39.4 Å². The Balaban J connectivity index is 0. The van der Waals surface area contributed by atoms with Crippen molar-refractivity contribution >= 4 is 16.5 Å². The maximum Gasteiger partial charge on any atom is 0.673 e. The predicted molar refractivity (Wildman–Crippen MR) is 93.0 cm³/mol. The van der Waals surface area contributed by atoms with Crippen LogP contribution in [0.25, 0.3) is 0 Å². The molecule has 0 bridgehead atoms. The number of halogens is 4. The molecule has 1 unspecified atom stereocenters. The van der Waals surface area contributed by atoms with Crippen LogP contribution in [-0.4, -0.2) is 74.7 Å². The standard InChI is InChI=1S/C13H32N3P.BF4/c1-7-14(4)13(11-10-12-17,15(5)8-2)16(6)9-3;2-1(3,4)5/h7-12,17H2,1-6H3;/q;-1/p+1. The lowest BCUT2D eigenvalue weighted by Gasteiger charge is -2.53. The van der Waals surface area contributed by atoms with E-state index in [-0.39, 0.29) is 5.79 Å². The second kappa shape index (κ2) is 11.6. The van der Waals surface area contributed by atoms with Crippen molar-refractivity contribution in [3.05, 3.63) is 0 Å². The van der Waals surface area contributed by atoms with Crippen LogP contribution in [0.15, 0.2) is 0 Å². The molecule has 0 radical (unpaired) electrons. The van der Waals surface area contributed by atoms with E-state index in [1.54, 1.807) is 0 Å². The molecule has 0 N–H and O–H groups in total. The Morgan fingerprint density at radius 1 is 0.818 bits per heavy atom. The van der Waals surface area contributed by atoms with Gasteiger partial charge in [0.2, 0.25) is 0 Å². The Morgan fingerprint density at radius 3 is 1.27 bits per heavy atom. The van der Waals surface area contributed by atoms with Gasteiger partial charge in [0, 0.05) is 0 Å². The fourth-order valence-corrected chi connectivity index (χ4v) is 2.82. The quantitative estimate of drug-likeness (QED) is 0.274. The van der Waals surface area contributed by atoms with Gasteiger partial charge in [-0.15, -0.1) is 0 Å². The van der Waals surface area contributed by atoms with E-state index in [1.807, 2.05) is 0 Å². The lowest BCUT2D eigenvalue weighted by molar-refractivity contribution is -0.141.